The molecule has 0 saturated heterocycles. The van der Waals surface area contributed by atoms with E-state index in [2.05, 4.69) is 13.8 Å². The van der Waals surface area contributed by atoms with Gasteiger partial charge in [0.2, 0.25) is 0 Å². The third-order valence-corrected chi connectivity index (χ3v) is 5.49. The Morgan fingerprint density at radius 1 is 1.20 bits per heavy atom. The first-order valence-corrected chi connectivity index (χ1v) is 10.6. The predicted molar refractivity (Wildman–Crippen MR) is 100 cm³/mol. The number of carbonyl (C=O) groups is 1. The first-order chi connectivity index (χ1) is 11.8. The summed E-state index contributed by atoms with van der Waals surface area (Å²) >= 11 is 1.43. The second kappa shape index (κ2) is 8.49. The summed E-state index contributed by atoms with van der Waals surface area (Å²) in [6, 6.07) is 10.5. The highest BCUT2D eigenvalue weighted by atomic mass is 32.2. The van der Waals surface area contributed by atoms with E-state index in [0.29, 0.717) is 19.0 Å². The number of thiophene rings is 1. The average molecular weight is 382 g/mol. The van der Waals surface area contributed by atoms with E-state index in [9.17, 15) is 13.2 Å². The van der Waals surface area contributed by atoms with Gasteiger partial charge in [-0.25, -0.2) is 0 Å². The Bertz CT molecular complexity index is 781. The molecule has 0 unspecified atom stereocenters. The number of amides is 1. The van der Waals surface area contributed by atoms with Crippen molar-refractivity contribution >= 4 is 27.4 Å². The fourth-order valence-corrected chi connectivity index (χ4v) is 3.51. The van der Waals surface area contributed by atoms with Crippen LogP contribution in [0.3, 0.4) is 0 Å². The van der Waals surface area contributed by atoms with Crippen molar-refractivity contribution in [2.45, 2.75) is 27.3 Å². The van der Waals surface area contributed by atoms with E-state index < -0.39 is 10.1 Å². The van der Waals surface area contributed by atoms with Gasteiger partial charge in [0.05, 0.1) is 10.6 Å². The molecule has 1 heterocycles. The molecular formula is C18H23NO4S2. The van der Waals surface area contributed by atoms with Crippen LogP contribution in [0, 0.1) is 5.92 Å². The Hall–Kier alpha value is -1.86. The van der Waals surface area contributed by atoms with Gasteiger partial charge in [0.25, 0.3) is 5.91 Å². The maximum absolute atomic E-state index is 12.7. The van der Waals surface area contributed by atoms with Crippen molar-refractivity contribution in [2.75, 3.05) is 12.3 Å². The van der Waals surface area contributed by atoms with Gasteiger partial charge in [-0.1, -0.05) is 32.0 Å². The van der Waals surface area contributed by atoms with Crippen LogP contribution in [0.5, 0.6) is 5.75 Å². The zero-order chi connectivity index (χ0) is 18.4. The molecule has 0 atom stereocenters. The molecule has 2 rings (SSSR count). The standard InChI is InChI=1S/C18H23NO4S2/c1-4-25(21,22)23-16-9-7-15(8-10-16)13-19(12-14(2)3)18(20)17-6-5-11-24-17/h5-11,14H,4,12-13H2,1-3H3. The molecule has 7 heteroatoms. The van der Waals surface area contributed by atoms with Crippen molar-refractivity contribution in [3.05, 3.63) is 52.2 Å². The largest absolute Gasteiger partial charge is 0.382 e. The molecule has 0 aliphatic carbocycles. The highest BCUT2D eigenvalue weighted by Gasteiger charge is 2.18. The van der Waals surface area contributed by atoms with Crippen molar-refractivity contribution in [1.82, 2.24) is 4.90 Å². The highest BCUT2D eigenvalue weighted by molar-refractivity contribution is 7.87. The van der Waals surface area contributed by atoms with Crippen molar-refractivity contribution in [3.63, 3.8) is 0 Å². The minimum absolute atomic E-state index is 0.0117. The number of benzene rings is 1. The molecule has 1 aromatic carbocycles. The van der Waals surface area contributed by atoms with E-state index in [1.165, 1.54) is 18.3 Å². The number of hydrogen-bond acceptors (Lipinski definition) is 5. The van der Waals surface area contributed by atoms with Gasteiger partial charge in [-0.3, -0.25) is 4.79 Å². The number of rotatable bonds is 8. The molecule has 0 N–H and O–H groups in total. The molecule has 25 heavy (non-hydrogen) atoms. The molecule has 0 saturated carbocycles. The summed E-state index contributed by atoms with van der Waals surface area (Å²) in [7, 11) is -3.53. The summed E-state index contributed by atoms with van der Waals surface area (Å²) in [6.45, 7) is 6.79. The number of nitrogens with zero attached hydrogens (tertiary/aromatic N) is 1. The minimum Gasteiger partial charge on any atom is -0.382 e. The Labute approximate surface area is 153 Å². The smallest absolute Gasteiger partial charge is 0.308 e. The first-order valence-electron chi connectivity index (χ1n) is 8.14. The molecule has 0 radical (unpaired) electrons. The molecule has 0 spiro atoms. The molecule has 0 bridgehead atoms. The molecule has 2 aromatic rings. The Balaban J connectivity index is 2.12. The van der Waals surface area contributed by atoms with Crippen LogP contribution in [-0.2, 0) is 16.7 Å². The second-order valence-electron chi connectivity index (χ2n) is 6.13. The Kier molecular flexibility index (Phi) is 6.61. The van der Waals surface area contributed by atoms with Gasteiger partial charge >= 0.3 is 10.1 Å². The summed E-state index contributed by atoms with van der Waals surface area (Å²) < 4.78 is 28.0. The van der Waals surface area contributed by atoms with Crippen molar-refractivity contribution in [3.8, 4) is 5.75 Å². The van der Waals surface area contributed by atoms with Gasteiger partial charge in [0.1, 0.15) is 5.75 Å². The molecular weight excluding hydrogens is 358 g/mol. The van der Waals surface area contributed by atoms with Crippen LogP contribution < -0.4 is 4.18 Å². The summed E-state index contributed by atoms with van der Waals surface area (Å²) in [5, 5.41) is 1.89. The lowest BCUT2D eigenvalue weighted by Crippen LogP contribution is -2.33. The maximum atomic E-state index is 12.7. The third kappa shape index (κ3) is 5.86. The number of carbonyl (C=O) groups excluding carboxylic acids is 1. The van der Waals surface area contributed by atoms with E-state index in [1.54, 1.807) is 24.3 Å². The van der Waals surface area contributed by atoms with Crippen molar-refractivity contribution < 1.29 is 17.4 Å². The Morgan fingerprint density at radius 3 is 2.40 bits per heavy atom. The summed E-state index contributed by atoms with van der Waals surface area (Å²) in [6.07, 6.45) is 0. The van der Waals surface area contributed by atoms with E-state index in [4.69, 9.17) is 4.18 Å². The van der Waals surface area contributed by atoms with Crippen LogP contribution in [0.2, 0.25) is 0 Å². The normalized spacial score (nSPS) is 11.5. The van der Waals surface area contributed by atoms with Gasteiger partial charge in [0, 0.05) is 13.1 Å². The van der Waals surface area contributed by atoms with E-state index >= 15 is 0 Å². The molecule has 136 valence electrons. The van der Waals surface area contributed by atoms with Crippen molar-refractivity contribution in [2.24, 2.45) is 5.92 Å². The van der Waals surface area contributed by atoms with Crippen LogP contribution in [0.1, 0.15) is 36.0 Å². The zero-order valence-corrected chi connectivity index (χ0v) is 16.3. The van der Waals surface area contributed by atoms with Gasteiger partial charge < -0.3 is 9.08 Å². The molecule has 1 aromatic heterocycles. The number of hydrogen-bond donors (Lipinski definition) is 0. The fraction of sp³-hybridized carbons (Fsp3) is 0.389. The quantitative estimate of drug-likeness (QED) is 0.653. The second-order valence-corrected chi connectivity index (χ2v) is 8.94. The van der Waals surface area contributed by atoms with E-state index in [1.807, 2.05) is 22.4 Å². The maximum Gasteiger partial charge on any atom is 0.308 e. The Morgan fingerprint density at radius 2 is 1.88 bits per heavy atom. The topological polar surface area (TPSA) is 63.7 Å². The first kappa shape index (κ1) is 19.5. The van der Waals surface area contributed by atoms with Crippen LogP contribution in [0.15, 0.2) is 41.8 Å². The lowest BCUT2D eigenvalue weighted by Gasteiger charge is -2.24. The van der Waals surface area contributed by atoms with Crippen LogP contribution in [-0.4, -0.2) is 31.5 Å². The van der Waals surface area contributed by atoms with Gasteiger partial charge in [-0.2, -0.15) is 8.42 Å². The molecule has 0 aliphatic rings. The summed E-state index contributed by atoms with van der Waals surface area (Å²) in [4.78, 5) is 15.2. The highest BCUT2D eigenvalue weighted by Crippen LogP contribution is 2.19. The predicted octanol–water partition coefficient (Wildman–Crippen LogP) is 3.78. The minimum atomic E-state index is -3.53. The lowest BCUT2D eigenvalue weighted by atomic mass is 10.1. The lowest BCUT2D eigenvalue weighted by molar-refractivity contribution is 0.0727. The summed E-state index contributed by atoms with van der Waals surface area (Å²) in [5.41, 5.74) is 0.923. The van der Waals surface area contributed by atoms with Gasteiger partial charge in [0.15, 0.2) is 0 Å². The fourth-order valence-electron chi connectivity index (χ4n) is 2.29. The zero-order valence-electron chi connectivity index (χ0n) is 14.6. The molecule has 0 fully saturated rings. The molecule has 0 aliphatic heterocycles. The average Bonchev–Trinajstić information content (AvgIpc) is 3.09. The SMILES string of the molecule is CCS(=O)(=O)Oc1ccc(CN(CC(C)C)C(=O)c2cccs2)cc1. The van der Waals surface area contributed by atoms with Gasteiger partial charge in [-0.15, -0.1) is 11.3 Å². The molecule has 1 amide bonds. The van der Waals surface area contributed by atoms with Gasteiger partial charge in [-0.05, 0) is 42.0 Å². The van der Waals surface area contributed by atoms with Crippen molar-refractivity contribution in [1.29, 1.82) is 0 Å². The third-order valence-electron chi connectivity index (χ3n) is 3.48. The van der Waals surface area contributed by atoms with Crippen LogP contribution in [0.4, 0.5) is 0 Å². The van der Waals surface area contributed by atoms with Crippen LogP contribution in [0.25, 0.3) is 0 Å². The van der Waals surface area contributed by atoms with Crippen LogP contribution >= 0.6 is 11.3 Å². The van der Waals surface area contributed by atoms with E-state index in [0.717, 1.165) is 10.4 Å². The molecule has 5 nitrogen and oxygen atoms in total. The van der Waals surface area contributed by atoms with E-state index in [-0.39, 0.29) is 17.4 Å². The monoisotopic (exact) mass is 381 g/mol. The summed E-state index contributed by atoms with van der Waals surface area (Å²) in [5.74, 6) is 0.566.